The van der Waals surface area contributed by atoms with Gasteiger partial charge in [0.05, 0.1) is 32.6 Å². The van der Waals surface area contributed by atoms with Gasteiger partial charge in [0.15, 0.2) is 5.76 Å². The highest BCUT2D eigenvalue weighted by atomic mass is 16.5. The van der Waals surface area contributed by atoms with Crippen LogP contribution in [0.3, 0.4) is 0 Å². The topological polar surface area (TPSA) is 55.9 Å². The Morgan fingerprint density at radius 2 is 2.25 bits per heavy atom. The lowest BCUT2D eigenvalue weighted by Gasteiger charge is -2.23. The van der Waals surface area contributed by atoms with Crippen LogP contribution in [-0.2, 0) is 4.74 Å². The molecule has 1 amide bonds. The summed E-state index contributed by atoms with van der Waals surface area (Å²) in [4.78, 5) is 13.0. The number of morpholine rings is 1. The van der Waals surface area contributed by atoms with E-state index in [0.717, 1.165) is 32.8 Å². The van der Waals surface area contributed by atoms with Gasteiger partial charge in [0, 0.05) is 0 Å². The molecule has 0 aromatic carbocycles. The number of rotatable bonds is 4. The van der Waals surface area contributed by atoms with E-state index in [1.807, 2.05) is 0 Å². The van der Waals surface area contributed by atoms with Crippen molar-refractivity contribution in [3.05, 3.63) is 24.2 Å². The average Bonchev–Trinajstić information content (AvgIpc) is 2.84. The van der Waals surface area contributed by atoms with Crippen molar-refractivity contribution >= 4 is 5.91 Å². The minimum atomic E-state index is -0.141. The molecule has 1 fully saturated rings. The van der Waals surface area contributed by atoms with Gasteiger partial charge in [-0.15, -0.1) is 0 Å². The van der Waals surface area contributed by atoms with Crippen molar-refractivity contribution in [1.82, 2.24) is 5.32 Å². The van der Waals surface area contributed by atoms with Gasteiger partial charge in [-0.25, -0.2) is 0 Å². The van der Waals surface area contributed by atoms with Crippen LogP contribution in [-0.4, -0.2) is 45.3 Å². The monoisotopic (exact) mass is 225 g/mol. The first-order valence-corrected chi connectivity index (χ1v) is 5.59. The number of quaternary nitrogens is 1. The van der Waals surface area contributed by atoms with Crippen molar-refractivity contribution in [1.29, 1.82) is 0 Å². The van der Waals surface area contributed by atoms with Crippen molar-refractivity contribution in [2.45, 2.75) is 0 Å². The average molecular weight is 225 g/mol. The summed E-state index contributed by atoms with van der Waals surface area (Å²) in [6.45, 7) is 5.31. The molecule has 0 radical (unpaired) electrons. The highest BCUT2D eigenvalue weighted by molar-refractivity contribution is 5.91. The van der Waals surface area contributed by atoms with Gasteiger partial charge in [-0.05, 0) is 12.1 Å². The lowest BCUT2D eigenvalue weighted by atomic mass is 10.4. The Hall–Kier alpha value is -1.33. The number of nitrogens with one attached hydrogen (secondary N) is 2. The first-order chi connectivity index (χ1) is 7.86. The Labute approximate surface area is 94.4 Å². The fraction of sp³-hybridized carbons (Fsp3) is 0.545. The summed E-state index contributed by atoms with van der Waals surface area (Å²) in [5.41, 5.74) is 0. The van der Waals surface area contributed by atoms with Crippen molar-refractivity contribution in [3.8, 4) is 0 Å². The maximum atomic E-state index is 11.5. The van der Waals surface area contributed by atoms with Gasteiger partial charge in [-0.2, -0.15) is 0 Å². The van der Waals surface area contributed by atoms with Crippen LogP contribution < -0.4 is 10.2 Å². The lowest BCUT2D eigenvalue weighted by Crippen LogP contribution is -3.14. The first-order valence-electron chi connectivity index (χ1n) is 5.59. The van der Waals surface area contributed by atoms with Crippen LogP contribution >= 0.6 is 0 Å². The quantitative estimate of drug-likeness (QED) is 0.685. The summed E-state index contributed by atoms with van der Waals surface area (Å²) in [7, 11) is 0. The SMILES string of the molecule is O=C(NCC[NH+]1CCOCC1)c1ccco1. The molecule has 2 N–H and O–H groups in total. The zero-order valence-electron chi connectivity index (χ0n) is 9.20. The van der Waals surface area contributed by atoms with Gasteiger partial charge in [-0.1, -0.05) is 0 Å². The predicted octanol–water partition coefficient (Wildman–Crippen LogP) is -1.08. The minimum absolute atomic E-state index is 0.141. The molecule has 2 heterocycles. The van der Waals surface area contributed by atoms with Crippen LogP contribution in [0.1, 0.15) is 10.6 Å². The molecular weight excluding hydrogens is 208 g/mol. The summed E-state index contributed by atoms with van der Waals surface area (Å²) < 4.78 is 10.3. The third-order valence-corrected chi connectivity index (χ3v) is 2.71. The Morgan fingerprint density at radius 1 is 1.44 bits per heavy atom. The largest absolute Gasteiger partial charge is 0.459 e. The predicted molar refractivity (Wildman–Crippen MR) is 57.4 cm³/mol. The Kier molecular flexibility index (Phi) is 3.96. The smallest absolute Gasteiger partial charge is 0.287 e. The van der Waals surface area contributed by atoms with E-state index in [1.54, 1.807) is 12.1 Å². The van der Waals surface area contributed by atoms with Gasteiger partial charge in [-0.3, -0.25) is 4.79 Å². The molecule has 0 aliphatic carbocycles. The van der Waals surface area contributed by atoms with Crippen molar-refractivity contribution in [2.24, 2.45) is 0 Å². The van der Waals surface area contributed by atoms with E-state index in [2.05, 4.69) is 5.32 Å². The molecule has 1 aliphatic heterocycles. The van der Waals surface area contributed by atoms with Gasteiger partial charge in [0.2, 0.25) is 0 Å². The molecule has 0 bridgehead atoms. The van der Waals surface area contributed by atoms with Crippen LogP contribution in [0, 0.1) is 0 Å². The van der Waals surface area contributed by atoms with E-state index in [1.165, 1.54) is 11.2 Å². The molecule has 1 aromatic heterocycles. The normalized spacial score (nSPS) is 17.2. The summed E-state index contributed by atoms with van der Waals surface area (Å²) in [6, 6.07) is 3.37. The summed E-state index contributed by atoms with van der Waals surface area (Å²) in [5, 5.41) is 2.84. The molecule has 0 spiro atoms. The molecular formula is C11H17N2O3+. The van der Waals surface area contributed by atoms with Crippen LogP contribution in [0.5, 0.6) is 0 Å². The highest BCUT2D eigenvalue weighted by Crippen LogP contribution is 1.98. The summed E-state index contributed by atoms with van der Waals surface area (Å²) in [6.07, 6.45) is 1.50. The maximum absolute atomic E-state index is 11.5. The molecule has 16 heavy (non-hydrogen) atoms. The van der Waals surface area contributed by atoms with Gasteiger partial charge in [0.1, 0.15) is 13.1 Å². The second-order valence-corrected chi connectivity index (χ2v) is 3.85. The number of hydrogen-bond acceptors (Lipinski definition) is 3. The van der Waals surface area contributed by atoms with E-state index < -0.39 is 0 Å². The standard InChI is InChI=1S/C11H16N2O3/c14-11(10-2-1-7-16-10)12-3-4-13-5-8-15-9-6-13/h1-2,7H,3-6,8-9H2,(H,12,14)/p+1. The van der Waals surface area contributed by atoms with E-state index >= 15 is 0 Å². The number of carbonyl (C=O) groups excluding carboxylic acids is 1. The van der Waals surface area contributed by atoms with E-state index in [0.29, 0.717) is 12.3 Å². The van der Waals surface area contributed by atoms with Crippen molar-refractivity contribution < 1.29 is 18.8 Å². The molecule has 5 nitrogen and oxygen atoms in total. The van der Waals surface area contributed by atoms with Gasteiger partial charge < -0.3 is 19.4 Å². The fourth-order valence-corrected chi connectivity index (χ4v) is 1.76. The highest BCUT2D eigenvalue weighted by Gasteiger charge is 2.14. The summed E-state index contributed by atoms with van der Waals surface area (Å²) in [5.74, 6) is 0.231. The second-order valence-electron chi connectivity index (χ2n) is 3.85. The van der Waals surface area contributed by atoms with Crippen LogP contribution in [0.15, 0.2) is 22.8 Å². The molecule has 2 rings (SSSR count). The van der Waals surface area contributed by atoms with E-state index in [9.17, 15) is 4.79 Å². The Balaban J connectivity index is 1.66. The van der Waals surface area contributed by atoms with Crippen LogP contribution in [0.4, 0.5) is 0 Å². The number of amides is 1. The molecule has 1 aliphatic rings. The maximum Gasteiger partial charge on any atom is 0.287 e. The van der Waals surface area contributed by atoms with Crippen LogP contribution in [0.2, 0.25) is 0 Å². The first kappa shape index (κ1) is 11.2. The molecule has 0 atom stereocenters. The minimum Gasteiger partial charge on any atom is -0.459 e. The zero-order valence-corrected chi connectivity index (χ0v) is 9.20. The Bertz CT molecular complexity index is 318. The van der Waals surface area contributed by atoms with Gasteiger partial charge >= 0.3 is 0 Å². The number of carbonyl (C=O) groups is 1. The molecule has 1 saturated heterocycles. The molecule has 5 heteroatoms. The Morgan fingerprint density at radius 3 is 2.94 bits per heavy atom. The number of furan rings is 1. The molecule has 0 unspecified atom stereocenters. The van der Waals surface area contributed by atoms with Gasteiger partial charge in [0.25, 0.3) is 5.91 Å². The zero-order chi connectivity index (χ0) is 11.2. The third-order valence-electron chi connectivity index (χ3n) is 2.71. The number of hydrogen-bond donors (Lipinski definition) is 2. The second kappa shape index (κ2) is 5.67. The third kappa shape index (κ3) is 3.08. The lowest BCUT2D eigenvalue weighted by molar-refractivity contribution is -0.906. The molecule has 0 saturated carbocycles. The van der Waals surface area contributed by atoms with Crippen molar-refractivity contribution in [2.75, 3.05) is 39.4 Å². The fourth-order valence-electron chi connectivity index (χ4n) is 1.76. The van der Waals surface area contributed by atoms with Crippen LogP contribution in [0.25, 0.3) is 0 Å². The van der Waals surface area contributed by atoms with E-state index in [-0.39, 0.29) is 5.91 Å². The molecule has 1 aromatic rings. The molecule has 88 valence electrons. The van der Waals surface area contributed by atoms with Crippen molar-refractivity contribution in [3.63, 3.8) is 0 Å². The summed E-state index contributed by atoms with van der Waals surface area (Å²) >= 11 is 0. The number of ether oxygens (including phenoxy) is 1. The van der Waals surface area contributed by atoms with E-state index in [4.69, 9.17) is 9.15 Å².